The first kappa shape index (κ1) is 26.2. The van der Waals surface area contributed by atoms with Crippen LogP contribution in [-0.4, -0.2) is 49.0 Å². The maximum absolute atomic E-state index is 5.49. The Kier molecular flexibility index (Phi) is 7.99. The topological polar surface area (TPSA) is 60.0 Å². The van der Waals surface area contributed by atoms with Crippen molar-refractivity contribution in [2.75, 3.05) is 12.3 Å². The number of oxazole rings is 1. The molecule has 2 aromatic heterocycles. The first-order chi connectivity index (χ1) is 16.3. The van der Waals surface area contributed by atoms with Crippen molar-refractivity contribution in [3.8, 4) is 11.6 Å². The fraction of sp³-hybridized carbons (Fsp3) is 0.593. The standard InChI is InChI=1S/C27H37N5OS.ClH/c1-18-24(33-17-28-18)25-29-30-26(31(25)5)34-14-6-13-32-22-11-12-23(32)16-20(15-22)19-7-9-21(10-8-19)27(2,3)4;/h7-10,17,20,22-23H,6,11-16H2,1-5H3;1H/t20?,22-,23+;. The number of thioether (sulfide) groups is 1. The van der Waals surface area contributed by atoms with Crippen molar-refractivity contribution in [3.63, 3.8) is 0 Å². The van der Waals surface area contributed by atoms with E-state index in [9.17, 15) is 0 Å². The molecule has 0 N–H and O–H groups in total. The zero-order valence-corrected chi connectivity index (χ0v) is 23.2. The Morgan fingerprint density at radius 2 is 1.74 bits per heavy atom. The average molecular weight is 516 g/mol. The van der Waals surface area contributed by atoms with Gasteiger partial charge in [0.2, 0.25) is 5.82 Å². The van der Waals surface area contributed by atoms with Crippen LogP contribution in [0.2, 0.25) is 0 Å². The largest absolute Gasteiger partial charge is 0.440 e. The number of rotatable bonds is 7. The number of fused-ring (bicyclic) bond motifs is 2. The van der Waals surface area contributed by atoms with Gasteiger partial charge >= 0.3 is 0 Å². The van der Waals surface area contributed by atoms with E-state index in [0.717, 1.165) is 34.5 Å². The predicted molar refractivity (Wildman–Crippen MR) is 144 cm³/mol. The van der Waals surface area contributed by atoms with E-state index in [1.807, 2.05) is 18.5 Å². The summed E-state index contributed by atoms with van der Waals surface area (Å²) < 4.78 is 7.50. The third-order valence-corrected chi connectivity index (χ3v) is 8.81. The van der Waals surface area contributed by atoms with Gasteiger partial charge in [-0.1, -0.05) is 56.8 Å². The Morgan fingerprint density at radius 3 is 2.34 bits per heavy atom. The first-order valence-corrected chi connectivity index (χ1v) is 13.6. The van der Waals surface area contributed by atoms with Gasteiger partial charge in [-0.3, -0.25) is 4.90 Å². The lowest BCUT2D eigenvalue weighted by molar-refractivity contribution is 0.127. The highest BCUT2D eigenvalue weighted by Gasteiger charge is 2.40. The molecular weight excluding hydrogens is 478 g/mol. The molecule has 0 amide bonds. The van der Waals surface area contributed by atoms with Crippen LogP contribution in [0.15, 0.2) is 40.2 Å². The first-order valence-electron chi connectivity index (χ1n) is 12.6. The molecule has 0 saturated carbocycles. The van der Waals surface area contributed by atoms with Crippen LogP contribution in [0.4, 0.5) is 0 Å². The number of aromatic nitrogens is 4. The number of hydrogen-bond donors (Lipinski definition) is 0. The second-order valence-corrected chi connectivity index (χ2v) is 12.1. The highest BCUT2D eigenvalue weighted by molar-refractivity contribution is 7.99. The molecule has 6 nitrogen and oxygen atoms in total. The fourth-order valence-corrected chi connectivity index (χ4v) is 6.57. The van der Waals surface area contributed by atoms with Crippen molar-refractivity contribution in [2.24, 2.45) is 7.05 Å². The molecule has 0 radical (unpaired) electrons. The molecule has 2 aliphatic heterocycles. The van der Waals surface area contributed by atoms with Crippen LogP contribution < -0.4 is 0 Å². The SMILES string of the molecule is Cc1ncoc1-c1nnc(SCCCN2[C@@H]3CC[C@H]2CC(c2ccc(C(C)(C)C)cc2)C3)n1C.Cl. The summed E-state index contributed by atoms with van der Waals surface area (Å²) in [4.78, 5) is 6.97. The van der Waals surface area contributed by atoms with E-state index in [0.29, 0.717) is 11.7 Å². The maximum atomic E-state index is 5.49. The highest BCUT2D eigenvalue weighted by Crippen LogP contribution is 2.43. The average Bonchev–Trinajstić information content (AvgIpc) is 3.45. The van der Waals surface area contributed by atoms with Crippen LogP contribution in [0.5, 0.6) is 0 Å². The van der Waals surface area contributed by atoms with Crippen molar-refractivity contribution in [3.05, 3.63) is 47.5 Å². The maximum Gasteiger partial charge on any atom is 0.202 e. The highest BCUT2D eigenvalue weighted by atomic mass is 35.5. The molecular formula is C27H38ClN5OS. The quantitative estimate of drug-likeness (QED) is 0.268. The van der Waals surface area contributed by atoms with Crippen molar-refractivity contribution in [1.82, 2.24) is 24.6 Å². The minimum absolute atomic E-state index is 0. The van der Waals surface area contributed by atoms with E-state index < -0.39 is 0 Å². The van der Waals surface area contributed by atoms with Crippen LogP contribution in [0.1, 0.15) is 75.6 Å². The predicted octanol–water partition coefficient (Wildman–Crippen LogP) is 6.39. The summed E-state index contributed by atoms with van der Waals surface area (Å²) in [5, 5.41) is 9.64. The summed E-state index contributed by atoms with van der Waals surface area (Å²) in [5.41, 5.74) is 4.04. The third kappa shape index (κ3) is 5.47. The van der Waals surface area contributed by atoms with Gasteiger partial charge in [-0.15, -0.1) is 22.6 Å². The molecule has 2 bridgehead atoms. The van der Waals surface area contributed by atoms with Crippen LogP contribution in [0.25, 0.3) is 11.6 Å². The van der Waals surface area contributed by atoms with Crippen molar-refractivity contribution in [2.45, 2.75) is 88.4 Å². The van der Waals surface area contributed by atoms with Crippen LogP contribution in [0, 0.1) is 6.92 Å². The number of piperidine rings is 1. The second-order valence-electron chi connectivity index (χ2n) is 11.0. The van der Waals surface area contributed by atoms with Gasteiger partial charge in [0.05, 0.1) is 5.69 Å². The third-order valence-electron chi connectivity index (χ3n) is 7.71. The summed E-state index contributed by atoms with van der Waals surface area (Å²) in [5.74, 6) is 3.21. The molecule has 3 atom stereocenters. The van der Waals surface area contributed by atoms with Gasteiger partial charge in [0.25, 0.3) is 0 Å². The molecule has 2 aliphatic rings. The molecule has 2 saturated heterocycles. The zero-order valence-electron chi connectivity index (χ0n) is 21.5. The van der Waals surface area contributed by atoms with E-state index in [-0.39, 0.29) is 17.8 Å². The van der Waals surface area contributed by atoms with Crippen molar-refractivity contribution >= 4 is 24.2 Å². The number of halogens is 1. The Labute approximate surface area is 219 Å². The smallest absolute Gasteiger partial charge is 0.202 e. The lowest BCUT2D eigenvalue weighted by Gasteiger charge is -2.39. The van der Waals surface area contributed by atoms with Crippen molar-refractivity contribution in [1.29, 1.82) is 0 Å². The fourth-order valence-electron chi connectivity index (χ4n) is 5.73. The number of hydrogen-bond acceptors (Lipinski definition) is 6. The summed E-state index contributed by atoms with van der Waals surface area (Å²) in [6.07, 6.45) is 7.97. The van der Waals surface area contributed by atoms with Gasteiger partial charge < -0.3 is 8.98 Å². The van der Waals surface area contributed by atoms with E-state index in [1.165, 1.54) is 50.6 Å². The molecule has 5 rings (SSSR count). The molecule has 1 aromatic carbocycles. The number of aryl methyl sites for hydroxylation is 1. The molecule has 3 aromatic rings. The van der Waals surface area contributed by atoms with Gasteiger partial charge in [-0.05, 0) is 68.0 Å². The summed E-state index contributed by atoms with van der Waals surface area (Å²) >= 11 is 1.78. The molecule has 1 unspecified atom stereocenters. The van der Waals surface area contributed by atoms with Crippen LogP contribution in [0.3, 0.4) is 0 Å². The lowest BCUT2D eigenvalue weighted by atomic mass is 9.82. The molecule has 2 fully saturated rings. The monoisotopic (exact) mass is 515 g/mol. The lowest BCUT2D eigenvalue weighted by Crippen LogP contribution is -2.42. The van der Waals surface area contributed by atoms with Crippen molar-refractivity contribution < 1.29 is 4.42 Å². The van der Waals surface area contributed by atoms with Crippen LogP contribution >= 0.6 is 24.2 Å². The Bertz CT molecular complexity index is 1110. The Morgan fingerprint density at radius 1 is 1.06 bits per heavy atom. The Balaban J connectivity index is 0.00000289. The number of benzene rings is 1. The summed E-state index contributed by atoms with van der Waals surface area (Å²) in [6, 6.07) is 11.0. The molecule has 8 heteroatoms. The van der Waals surface area contributed by atoms with E-state index >= 15 is 0 Å². The molecule has 190 valence electrons. The summed E-state index contributed by atoms with van der Waals surface area (Å²) in [6.45, 7) is 9.99. The summed E-state index contributed by atoms with van der Waals surface area (Å²) in [7, 11) is 2.00. The van der Waals surface area contributed by atoms with E-state index in [1.54, 1.807) is 17.3 Å². The number of nitrogens with zero attached hydrogens (tertiary/aromatic N) is 5. The van der Waals surface area contributed by atoms with Gasteiger partial charge in [0.1, 0.15) is 0 Å². The minimum Gasteiger partial charge on any atom is -0.440 e. The molecule has 35 heavy (non-hydrogen) atoms. The Hall–Kier alpha value is -1.83. The minimum atomic E-state index is 0. The normalized spacial score (nSPS) is 22.4. The molecule has 4 heterocycles. The van der Waals surface area contributed by atoms with Gasteiger partial charge in [-0.2, -0.15) is 0 Å². The van der Waals surface area contributed by atoms with E-state index in [4.69, 9.17) is 4.42 Å². The van der Waals surface area contributed by atoms with Gasteiger partial charge in [0, 0.05) is 24.9 Å². The van der Waals surface area contributed by atoms with Crippen LogP contribution in [-0.2, 0) is 12.5 Å². The van der Waals surface area contributed by atoms with E-state index in [2.05, 4.69) is 65.1 Å². The van der Waals surface area contributed by atoms with Gasteiger partial charge in [-0.25, -0.2) is 4.98 Å². The molecule has 0 spiro atoms. The zero-order chi connectivity index (χ0) is 23.9. The van der Waals surface area contributed by atoms with Gasteiger partial charge in [0.15, 0.2) is 17.3 Å². The molecule has 0 aliphatic carbocycles. The second kappa shape index (κ2) is 10.7.